The summed E-state index contributed by atoms with van der Waals surface area (Å²) in [5.74, 6) is -0.212. The van der Waals surface area contributed by atoms with Crippen molar-refractivity contribution in [1.29, 1.82) is 0 Å². The van der Waals surface area contributed by atoms with Crippen molar-refractivity contribution in [3.8, 4) is 0 Å². The van der Waals surface area contributed by atoms with Gasteiger partial charge in [-0.05, 0) is 6.42 Å². The number of Topliss-reactive ketones (excluding diaryl/α,β-unsaturated/α-hetero) is 1. The van der Waals surface area contributed by atoms with E-state index in [1.807, 2.05) is 6.92 Å². The highest BCUT2D eigenvalue weighted by Gasteiger charge is 2.18. The summed E-state index contributed by atoms with van der Waals surface area (Å²) in [5, 5.41) is 8.68. The number of nitrogens with one attached hydrogen (secondary N) is 1. The van der Waals surface area contributed by atoms with Gasteiger partial charge in [-0.2, -0.15) is 0 Å². The Bertz CT molecular complexity index is 287. The van der Waals surface area contributed by atoms with Crippen LogP contribution in [0, 0.1) is 5.92 Å². The first-order valence-electron chi connectivity index (χ1n) is 4.41. The van der Waals surface area contributed by atoms with Crippen LogP contribution in [0.1, 0.15) is 23.0 Å². The summed E-state index contributed by atoms with van der Waals surface area (Å²) in [7, 11) is 0. The van der Waals surface area contributed by atoms with Crippen molar-refractivity contribution in [3.05, 3.63) is 18.2 Å². The fourth-order valence-electron chi connectivity index (χ4n) is 1.16. The summed E-state index contributed by atoms with van der Waals surface area (Å²) in [6.45, 7) is 1.47. The summed E-state index contributed by atoms with van der Waals surface area (Å²) < 4.78 is 0.237. The third-order valence-corrected chi connectivity index (χ3v) is 3.30. The number of imidazole rings is 1. The van der Waals surface area contributed by atoms with Crippen LogP contribution in [-0.4, -0.2) is 27.5 Å². The Labute approximate surface area is 96.3 Å². The molecule has 2 atom stereocenters. The number of hydrogen-bond donors (Lipinski definition) is 2. The zero-order chi connectivity index (χ0) is 10.6. The highest BCUT2D eigenvalue weighted by atomic mass is 127. The third-order valence-electron chi connectivity index (χ3n) is 2.12. The van der Waals surface area contributed by atoms with E-state index < -0.39 is 0 Å². The minimum absolute atomic E-state index is 0.105. The van der Waals surface area contributed by atoms with Crippen LogP contribution in [0.5, 0.6) is 0 Å². The maximum atomic E-state index is 11.1. The number of aromatic nitrogens is 2. The van der Waals surface area contributed by atoms with Gasteiger partial charge in [0.25, 0.3) is 0 Å². The van der Waals surface area contributed by atoms with Gasteiger partial charge in [-0.15, -0.1) is 0 Å². The highest BCUT2D eigenvalue weighted by molar-refractivity contribution is 14.1. The molecule has 0 radical (unpaired) electrons. The zero-order valence-electron chi connectivity index (χ0n) is 7.90. The van der Waals surface area contributed by atoms with Gasteiger partial charge < -0.3 is 10.1 Å². The zero-order valence-corrected chi connectivity index (χ0v) is 10.1. The summed E-state index contributed by atoms with van der Waals surface area (Å²) in [5.41, 5.74) is 1.02. The minimum Gasteiger partial charge on any atom is -0.389 e. The number of aliphatic hydroxyl groups excluding tert-OH is 1. The molecule has 14 heavy (non-hydrogen) atoms. The van der Waals surface area contributed by atoms with Crippen LogP contribution in [0.3, 0.4) is 0 Å². The number of rotatable bonds is 5. The number of H-pyrrole nitrogens is 1. The molecule has 0 fully saturated rings. The fraction of sp³-hybridized carbons (Fsp3) is 0.556. The van der Waals surface area contributed by atoms with Gasteiger partial charge in [0.1, 0.15) is 6.61 Å². The summed E-state index contributed by atoms with van der Waals surface area (Å²) in [6.07, 6.45) is 4.11. The van der Waals surface area contributed by atoms with Crippen molar-refractivity contribution in [1.82, 2.24) is 9.97 Å². The standard InChI is InChI=1S/C9H13IN2O2/c1-6(9(14)4-13)2-7(10)8-3-11-5-12-8/h3,5-7,13H,2,4H2,1H3,(H,11,12). The topological polar surface area (TPSA) is 66.0 Å². The van der Waals surface area contributed by atoms with Crippen molar-refractivity contribution in [2.24, 2.45) is 5.92 Å². The molecule has 5 heteroatoms. The first-order valence-corrected chi connectivity index (χ1v) is 5.65. The molecule has 0 saturated heterocycles. The second-order valence-electron chi connectivity index (χ2n) is 3.24. The Morgan fingerprint density at radius 2 is 2.50 bits per heavy atom. The SMILES string of the molecule is CC(CC(I)c1cnc[nH]1)C(=O)CO. The van der Waals surface area contributed by atoms with Crippen molar-refractivity contribution in [2.45, 2.75) is 17.3 Å². The molecule has 2 N–H and O–H groups in total. The second-order valence-corrected chi connectivity index (χ2v) is 4.74. The average Bonchev–Trinajstić information content (AvgIpc) is 2.69. The number of aromatic amines is 1. The smallest absolute Gasteiger partial charge is 0.161 e. The highest BCUT2D eigenvalue weighted by Crippen LogP contribution is 2.28. The van der Waals surface area contributed by atoms with Gasteiger partial charge in [-0.1, -0.05) is 29.5 Å². The van der Waals surface area contributed by atoms with E-state index in [4.69, 9.17) is 5.11 Å². The molecule has 1 heterocycles. The normalized spacial score (nSPS) is 15.1. The molecule has 0 aromatic carbocycles. The lowest BCUT2D eigenvalue weighted by molar-refractivity contribution is -0.125. The maximum Gasteiger partial charge on any atom is 0.161 e. The molecule has 0 spiro atoms. The molecule has 1 rings (SSSR count). The lowest BCUT2D eigenvalue weighted by Gasteiger charge is -2.12. The quantitative estimate of drug-likeness (QED) is 0.639. The van der Waals surface area contributed by atoms with Crippen LogP contribution in [0.4, 0.5) is 0 Å². The molecular weight excluding hydrogens is 295 g/mol. The first kappa shape index (κ1) is 11.6. The monoisotopic (exact) mass is 308 g/mol. The van der Waals surface area contributed by atoms with E-state index in [-0.39, 0.29) is 22.2 Å². The molecule has 0 aliphatic rings. The van der Waals surface area contributed by atoms with E-state index in [1.165, 1.54) is 0 Å². The van der Waals surface area contributed by atoms with Gasteiger partial charge in [0.05, 0.1) is 10.3 Å². The predicted molar refractivity (Wildman–Crippen MR) is 61.2 cm³/mol. The number of alkyl halides is 1. The molecule has 78 valence electrons. The van der Waals surface area contributed by atoms with Gasteiger partial charge in [0.15, 0.2) is 5.78 Å². The van der Waals surface area contributed by atoms with Crippen molar-refractivity contribution >= 4 is 28.4 Å². The molecule has 0 aliphatic carbocycles. The molecule has 2 unspecified atom stereocenters. The van der Waals surface area contributed by atoms with Crippen molar-refractivity contribution in [2.75, 3.05) is 6.61 Å². The molecule has 0 bridgehead atoms. The average molecular weight is 308 g/mol. The van der Waals surface area contributed by atoms with E-state index in [0.717, 1.165) is 12.1 Å². The number of halogens is 1. The molecule has 0 aliphatic heterocycles. The molecule has 0 saturated carbocycles. The number of nitrogens with zero attached hydrogens (tertiary/aromatic N) is 1. The number of carbonyl (C=O) groups is 1. The maximum absolute atomic E-state index is 11.1. The van der Waals surface area contributed by atoms with Crippen molar-refractivity contribution < 1.29 is 9.90 Å². The van der Waals surface area contributed by atoms with Crippen molar-refractivity contribution in [3.63, 3.8) is 0 Å². The minimum atomic E-state index is -0.368. The van der Waals surface area contributed by atoms with Gasteiger partial charge in [0, 0.05) is 17.8 Å². The largest absolute Gasteiger partial charge is 0.389 e. The Morgan fingerprint density at radius 1 is 1.79 bits per heavy atom. The van der Waals surface area contributed by atoms with E-state index in [9.17, 15) is 4.79 Å². The number of hydrogen-bond acceptors (Lipinski definition) is 3. The van der Waals surface area contributed by atoms with Crippen LogP contribution in [0.25, 0.3) is 0 Å². The molecule has 0 amide bonds. The Balaban J connectivity index is 2.49. The summed E-state index contributed by atoms with van der Waals surface area (Å²) in [4.78, 5) is 18.1. The number of ketones is 1. The second kappa shape index (κ2) is 5.45. The molecule has 4 nitrogen and oxygen atoms in total. The van der Waals surface area contributed by atoms with E-state index in [1.54, 1.807) is 12.5 Å². The van der Waals surface area contributed by atoms with Gasteiger partial charge in [-0.25, -0.2) is 4.98 Å². The summed E-state index contributed by atoms with van der Waals surface area (Å²) in [6, 6.07) is 0. The van der Waals surface area contributed by atoms with Crippen LogP contribution in [-0.2, 0) is 4.79 Å². The van der Waals surface area contributed by atoms with Crippen LogP contribution in [0.2, 0.25) is 0 Å². The predicted octanol–water partition coefficient (Wildman–Crippen LogP) is 1.47. The fourth-order valence-corrected chi connectivity index (χ4v) is 2.27. The van der Waals surface area contributed by atoms with E-state index >= 15 is 0 Å². The molecule has 1 aromatic heterocycles. The Morgan fingerprint density at radius 3 is 3.00 bits per heavy atom. The van der Waals surface area contributed by atoms with Crippen LogP contribution < -0.4 is 0 Å². The lowest BCUT2D eigenvalue weighted by atomic mass is 10.00. The lowest BCUT2D eigenvalue weighted by Crippen LogP contribution is -2.16. The Kier molecular flexibility index (Phi) is 4.53. The number of aliphatic hydroxyl groups is 1. The Hall–Kier alpha value is -0.430. The van der Waals surface area contributed by atoms with Gasteiger partial charge >= 0.3 is 0 Å². The van der Waals surface area contributed by atoms with Gasteiger partial charge in [-0.3, -0.25) is 4.79 Å². The third kappa shape index (κ3) is 3.06. The van der Waals surface area contributed by atoms with Gasteiger partial charge in [0.2, 0.25) is 0 Å². The van der Waals surface area contributed by atoms with Crippen LogP contribution in [0.15, 0.2) is 12.5 Å². The molecule has 1 aromatic rings. The van der Waals surface area contributed by atoms with E-state index in [2.05, 4.69) is 32.6 Å². The summed E-state index contributed by atoms with van der Waals surface area (Å²) >= 11 is 2.26. The van der Waals surface area contributed by atoms with E-state index in [0.29, 0.717) is 0 Å². The number of carbonyl (C=O) groups excluding carboxylic acids is 1. The van der Waals surface area contributed by atoms with Crippen LogP contribution >= 0.6 is 22.6 Å². The molecular formula is C9H13IN2O2. The first-order chi connectivity index (χ1) is 6.65.